The molecule has 3 atom stereocenters. The Morgan fingerprint density at radius 3 is 2.23 bits per heavy atom. The molecule has 7 heteroatoms. The second-order valence-corrected chi connectivity index (χ2v) is 6.86. The fraction of sp³-hybridized carbons (Fsp3) is 0.316. The number of carbonyl (C=O) groups is 2. The Hall–Kier alpha value is -2.64. The first-order valence-corrected chi connectivity index (χ1v) is 8.73. The van der Waals surface area contributed by atoms with Gasteiger partial charge in [-0.2, -0.15) is 0 Å². The molecule has 0 saturated carbocycles. The Bertz CT molecular complexity index is 873. The number of pyridine rings is 1. The summed E-state index contributed by atoms with van der Waals surface area (Å²) in [5.41, 5.74) is 1.41. The summed E-state index contributed by atoms with van der Waals surface area (Å²) < 4.78 is 13.2. The number of nitrogens with zero attached hydrogens (tertiary/aromatic N) is 4. The number of amides is 2. The standard InChI is InChI=1S/C19H17FN4O2/c20-13-2-4-14(5-3-13)24-18(25)15-16(12-6-8-21-9-7-12)22-10-1-11-23(22)17(15)19(24)26/h2-9,15-17H,1,10-11H2/t15-,16-,17+/m1/s1. The number of benzene rings is 1. The molecule has 2 amide bonds. The molecule has 6 nitrogen and oxygen atoms in total. The maximum Gasteiger partial charge on any atom is 0.253 e. The highest BCUT2D eigenvalue weighted by molar-refractivity contribution is 6.24. The quantitative estimate of drug-likeness (QED) is 0.771. The smallest absolute Gasteiger partial charge is 0.253 e. The van der Waals surface area contributed by atoms with Crippen LogP contribution in [0.5, 0.6) is 0 Å². The van der Waals surface area contributed by atoms with Gasteiger partial charge < -0.3 is 0 Å². The predicted octanol–water partition coefficient (Wildman–Crippen LogP) is 1.76. The van der Waals surface area contributed by atoms with Gasteiger partial charge in [-0.1, -0.05) is 0 Å². The molecule has 0 N–H and O–H groups in total. The molecule has 4 heterocycles. The zero-order valence-corrected chi connectivity index (χ0v) is 14.0. The van der Waals surface area contributed by atoms with Crippen LogP contribution in [-0.2, 0) is 9.59 Å². The van der Waals surface area contributed by atoms with E-state index in [0.29, 0.717) is 5.69 Å². The largest absolute Gasteiger partial charge is 0.274 e. The molecule has 1 aromatic carbocycles. The molecule has 0 radical (unpaired) electrons. The number of rotatable bonds is 2. The number of aromatic nitrogens is 1. The summed E-state index contributed by atoms with van der Waals surface area (Å²) in [7, 11) is 0. The highest BCUT2D eigenvalue weighted by Gasteiger charge is 2.62. The van der Waals surface area contributed by atoms with Gasteiger partial charge in [0.25, 0.3) is 5.91 Å². The molecule has 0 unspecified atom stereocenters. The zero-order chi connectivity index (χ0) is 17.8. The molecule has 132 valence electrons. The van der Waals surface area contributed by atoms with Crippen molar-refractivity contribution in [3.05, 3.63) is 60.2 Å². The number of hydrazine groups is 1. The minimum absolute atomic E-state index is 0.174. The van der Waals surface area contributed by atoms with Gasteiger partial charge in [0.2, 0.25) is 5.91 Å². The van der Waals surface area contributed by atoms with Crippen molar-refractivity contribution >= 4 is 17.5 Å². The van der Waals surface area contributed by atoms with Gasteiger partial charge in [0.05, 0.1) is 17.6 Å². The van der Waals surface area contributed by atoms with E-state index in [1.54, 1.807) is 12.4 Å². The van der Waals surface area contributed by atoms with Gasteiger partial charge in [0, 0.05) is 25.5 Å². The van der Waals surface area contributed by atoms with Gasteiger partial charge in [0.1, 0.15) is 11.9 Å². The van der Waals surface area contributed by atoms with Crippen LogP contribution >= 0.6 is 0 Å². The summed E-state index contributed by atoms with van der Waals surface area (Å²) in [6.45, 7) is 1.59. The number of fused-ring (bicyclic) bond motifs is 3. The van der Waals surface area contributed by atoms with Gasteiger partial charge in [-0.05, 0) is 48.4 Å². The van der Waals surface area contributed by atoms with Gasteiger partial charge in [-0.3, -0.25) is 14.6 Å². The number of carbonyl (C=O) groups excluding carboxylic acids is 2. The maximum atomic E-state index is 13.2. The molecular formula is C19H17FN4O2. The SMILES string of the molecule is O=C1[C@H]2[C@@H](C(=O)N1c1ccc(F)cc1)N1CCCN1[C@@H]2c1ccncc1. The summed E-state index contributed by atoms with van der Waals surface area (Å²) in [6, 6.07) is 8.65. The summed E-state index contributed by atoms with van der Waals surface area (Å²) in [5, 5.41) is 4.20. The lowest BCUT2D eigenvalue weighted by atomic mass is 9.90. The number of halogens is 1. The molecule has 3 saturated heterocycles. The first-order chi connectivity index (χ1) is 12.7. The normalized spacial score (nSPS) is 28.7. The van der Waals surface area contributed by atoms with Crippen LogP contribution in [0.3, 0.4) is 0 Å². The second-order valence-electron chi connectivity index (χ2n) is 6.86. The summed E-state index contributed by atoms with van der Waals surface area (Å²) in [4.78, 5) is 31.7. The third-order valence-electron chi connectivity index (χ3n) is 5.54. The molecule has 2 aromatic rings. The molecule has 3 aliphatic rings. The Labute approximate surface area is 149 Å². The van der Waals surface area contributed by atoms with E-state index in [9.17, 15) is 14.0 Å². The van der Waals surface area contributed by atoms with Crippen molar-refractivity contribution in [3.8, 4) is 0 Å². The van der Waals surface area contributed by atoms with E-state index in [1.165, 1.54) is 29.2 Å². The average molecular weight is 352 g/mol. The van der Waals surface area contributed by atoms with Crippen LogP contribution in [0.1, 0.15) is 18.0 Å². The number of anilines is 1. The Kier molecular flexibility index (Phi) is 3.41. The van der Waals surface area contributed by atoms with Crippen LogP contribution in [0.2, 0.25) is 0 Å². The third kappa shape index (κ3) is 2.07. The van der Waals surface area contributed by atoms with Crippen molar-refractivity contribution in [3.63, 3.8) is 0 Å². The number of imide groups is 1. The van der Waals surface area contributed by atoms with E-state index in [1.807, 2.05) is 17.1 Å². The maximum absolute atomic E-state index is 13.2. The average Bonchev–Trinajstić information content (AvgIpc) is 3.29. The van der Waals surface area contributed by atoms with E-state index in [-0.39, 0.29) is 17.9 Å². The van der Waals surface area contributed by atoms with Crippen molar-refractivity contribution in [2.75, 3.05) is 18.0 Å². The van der Waals surface area contributed by atoms with Gasteiger partial charge in [-0.15, -0.1) is 0 Å². The Balaban J connectivity index is 1.58. The minimum atomic E-state index is -0.492. The van der Waals surface area contributed by atoms with E-state index in [4.69, 9.17) is 0 Å². The minimum Gasteiger partial charge on any atom is -0.274 e. The zero-order valence-electron chi connectivity index (χ0n) is 14.0. The van der Waals surface area contributed by atoms with Crippen LogP contribution < -0.4 is 4.90 Å². The summed E-state index contributed by atoms with van der Waals surface area (Å²) in [5.74, 6) is -1.30. The second kappa shape index (κ2) is 5.69. The molecular weight excluding hydrogens is 335 g/mol. The van der Waals surface area contributed by atoms with Crippen LogP contribution in [0.15, 0.2) is 48.8 Å². The molecule has 5 rings (SSSR count). The first kappa shape index (κ1) is 15.6. The fourth-order valence-corrected chi connectivity index (χ4v) is 4.52. The van der Waals surface area contributed by atoms with E-state index in [0.717, 1.165) is 25.1 Å². The van der Waals surface area contributed by atoms with Crippen LogP contribution in [-0.4, -0.2) is 45.9 Å². The van der Waals surface area contributed by atoms with Crippen LogP contribution in [0.4, 0.5) is 10.1 Å². The lowest BCUT2D eigenvalue weighted by molar-refractivity contribution is -0.126. The van der Waals surface area contributed by atoms with Gasteiger partial charge >= 0.3 is 0 Å². The topological polar surface area (TPSA) is 56.8 Å². The lowest BCUT2D eigenvalue weighted by Crippen LogP contribution is -2.44. The first-order valence-electron chi connectivity index (χ1n) is 8.73. The van der Waals surface area contributed by atoms with E-state index < -0.39 is 17.8 Å². The Morgan fingerprint density at radius 2 is 1.54 bits per heavy atom. The van der Waals surface area contributed by atoms with Gasteiger partial charge in [0.15, 0.2) is 0 Å². The summed E-state index contributed by atoms with van der Waals surface area (Å²) in [6.07, 6.45) is 4.38. The van der Waals surface area contributed by atoms with Gasteiger partial charge in [-0.25, -0.2) is 19.3 Å². The lowest BCUT2D eigenvalue weighted by Gasteiger charge is -2.29. The van der Waals surface area contributed by atoms with E-state index in [2.05, 4.69) is 9.99 Å². The van der Waals surface area contributed by atoms with Crippen molar-refractivity contribution in [2.45, 2.75) is 18.5 Å². The monoisotopic (exact) mass is 352 g/mol. The summed E-state index contributed by atoms with van der Waals surface area (Å²) >= 11 is 0. The van der Waals surface area contributed by atoms with Crippen molar-refractivity contribution in [1.82, 2.24) is 15.0 Å². The highest BCUT2D eigenvalue weighted by Crippen LogP contribution is 2.48. The Morgan fingerprint density at radius 1 is 0.885 bits per heavy atom. The van der Waals surface area contributed by atoms with Crippen LogP contribution in [0, 0.1) is 11.7 Å². The molecule has 0 spiro atoms. The molecule has 3 aliphatic heterocycles. The molecule has 1 aromatic heterocycles. The molecule has 26 heavy (non-hydrogen) atoms. The molecule has 0 bridgehead atoms. The molecule has 0 aliphatic carbocycles. The van der Waals surface area contributed by atoms with Crippen molar-refractivity contribution in [2.24, 2.45) is 5.92 Å². The number of hydrogen-bond donors (Lipinski definition) is 0. The third-order valence-corrected chi connectivity index (χ3v) is 5.54. The number of hydrogen-bond acceptors (Lipinski definition) is 5. The fourth-order valence-electron chi connectivity index (χ4n) is 4.52. The van der Waals surface area contributed by atoms with Crippen molar-refractivity contribution < 1.29 is 14.0 Å². The van der Waals surface area contributed by atoms with E-state index >= 15 is 0 Å². The molecule has 3 fully saturated rings. The predicted molar refractivity (Wildman–Crippen MR) is 91.2 cm³/mol. The van der Waals surface area contributed by atoms with Crippen LogP contribution in [0.25, 0.3) is 0 Å². The van der Waals surface area contributed by atoms with Crippen molar-refractivity contribution in [1.29, 1.82) is 0 Å². The highest BCUT2D eigenvalue weighted by atomic mass is 19.1.